The van der Waals surface area contributed by atoms with E-state index in [1.54, 1.807) is 0 Å². The van der Waals surface area contributed by atoms with E-state index in [1.165, 1.54) is 19.3 Å². The van der Waals surface area contributed by atoms with E-state index >= 15 is 0 Å². The van der Waals surface area contributed by atoms with Gasteiger partial charge in [-0.15, -0.1) is 0 Å². The second-order valence-electron chi connectivity index (χ2n) is 2.82. The van der Waals surface area contributed by atoms with Crippen LogP contribution in [0.15, 0.2) is 24.3 Å². The number of hydrogen-bond acceptors (Lipinski definition) is 4. The number of nitro groups is 1. The smallest absolute Gasteiger partial charge is 0.330 e. The second kappa shape index (κ2) is 5.01. The molecule has 1 aromatic rings. The molecule has 0 amide bonds. The summed E-state index contributed by atoms with van der Waals surface area (Å²) in [4.78, 5) is 20.3. The SMILES string of the molecule is COC(=O)/C=C/c1ccc(F)c([N+](=O)[O-])c1. The normalized spacial score (nSPS) is 10.4. The van der Waals surface area contributed by atoms with Gasteiger partial charge in [0.2, 0.25) is 5.82 Å². The van der Waals surface area contributed by atoms with Crippen LogP contribution in [0.3, 0.4) is 0 Å². The number of hydrogen-bond donors (Lipinski definition) is 0. The van der Waals surface area contributed by atoms with Crippen LogP contribution >= 0.6 is 0 Å². The summed E-state index contributed by atoms with van der Waals surface area (Å²) in [7, 11) is 1.21. The lowest BCUT2D eigenvalue weighted by molar-refractivity contribution is -0.387. The lowest BCUT2D eigenvalue weighted by atomic mass is 10.2. The summed E-state index contributed by atoms with van der Waals surface area (Å²) in [5.74, 6) is -1.51. The molecule has 0 bridgehead atoms. The van der Waals surface area contributed by atoms with Crippen LogP contribution in [0.5, 0.6) is 0 Å². The molecule has 1 aromatic carbocycles. The van der Waals surface area contributed by atoms with Crippen LogP contribution in [0, 0.1) is 15.9 Å². The van der Waals surface area contributed by atoms with Gasteiger partial charge >= 0.3 is 11.7 Å². The maximum atomic E-state index is 12.9. The highest BCUT2D eigenvalue weighted by Crippen LogP contribution is 2.19. The first-order chi connectivity index (χ1) is 7.54. The molecule has 6 heteroatoms. The highest BCUT2D eigenvalue weighted by atomic mass is 19.1. The Balaban J connectivity index is 2.99. The van der Waals surface area contributed by atoms with Gasteiger partial charge in [-0.1, -0.05) is 6.07 Å². The molecule has 0 atom stereocenters. The maximum absolute atomic E-state index is 12.9. The standard InChI is InChI=1S/C10H8FNO4/c1-16-10(13)5-3-7-2-4-8(11)9(6-7)12(14)15/h2-6H,1H3/b5-3+. The molecule has 0 spiro atoms. The molecule has 0 aromatic heterocycles. The number of esters is 1. The molecular weight excluding hydrogens is 217 g/mol. The van der Waals surface area contributed by atoms with Gasteiger partial charge in [0.15, 0.2) is 0 Å². The summed E-state index contributed by atoms with van der Waals surface area (Å²) >= 11 is 0. The van der Waals surface area contributed by atoms with Gasteiger partial charge < -0.3 is 4.74 Å². The molecule has 0 N–H and O–H groups in total. The van der Waals surface area contributed by atoms with E-state index in [0.29, 0.717) is 5.56 Å². The summed E-state index contributed by atoms with van der Waals surface area (Å²) in [5.41, 5.74) is -0.287. The fraction of sp³-hybridized carbons (Fsp3) is 0.100. The van der Waals surface area contributed by atoms with Crippen molar-refractivity contribution in [2.24, 2.45) is 0 Å². The molecule has 0 heterocycles. The fourth-order valence-electron chi connectivity index (χ4n) is 1.01. The molecular formula is C10H8FNO4. The molecule has 1 rings (SSSR count). The highest BCUT2D eigenvalue weighted by molar-refractivity contribution is 5.87. The number of methoxy groups -OCH3 is 1. The first kappa shape index (κ1) is 11.8. The number of carbonyl (C=O) groups excluding carboxylic acids is 1. The first-order valence-electron chi connectivity index (χ1n) is 4.24. The van der Waals surface area contributed by atoms with Crippen LogP contribution in [0.2, 0.25) is 0 Å². The fourth-order valence-corrected chi connectivity index (χ4v) is 1.01. The van der Waals surface area contributed by atoms with Crippen molar-refractivity contribution >= 4 is 17.7 Å². The van der Waals surface area contributed by atoms with E-state index in [4.69, 9.17) is 0 Å². The molecule has 0 saturated carbocycles. The third-order valence-electron chi connectivity index (χ3n) is 1.78. The van der Waals surface area contributed by atoms with Crippen LogP contribution in [0.4, 0.5) is 10.1 Å². The quantitative estimate of drug-likeness (QED) is 0.341. The summed E-state index contributed by atoms with van der Waals surface area (Å²) in [6.45, 7) is 0. The lowest BCUT2D eigenvalue weighted by Crippen LogP contribution is -1.94. The Bertz CT molecular complexity index is 456. The van der Waals surface area contributed by atoms with Gasteiger partial charge in [-0.3, -0.25) is 10.1 Å². The zero-order valence-corrected chi connectivity index (χ0v) is 8.34. The molecule has 0 aliphatic heterocycles. The van der Waals surface area contributed by atoms with E-state index < -0.39 is 22.4 Å². The molecule has 0 unspecified atom stereocenters. The van der Waals surface area contributed by atoms with Gasteiger partial charge in [-0.05, 0) is 17.7 Å². The third kappa shape index (κ3) is 2.88. The molecule has 0 aliphatic carbocycles. The Hall–Kier alpha value is -2.24. The number of rotatable bonds is 3. The van der Waals surface area contributed by atoms with Crippen LogP contribution in [0.25, 0.3) is 6.08 Å². The third-order valence-corrected chi connectivity index (χ3v) is 1.78. The number of nitrogens with zero attached hydrogens (tertiary/aromatic N) is 1. The van der Waals surface area contributed by atoms with Crippen LogP contribution in [0.1, 0.15) is 5.56 Å². The minimum atomic E-state index is -0.916. The predicted octanol–water partition coefficient (Wildman–Crippen LogP) is 1.92. The van der Waals surface area contributed by atoms with Crippen LogP contribution in [-0.2, 0) is 9.53 Å². The van der Waals surface area contributed by atoms with E-state index in [0.717, 1.165) is 18.2 Å². The van der Waals surface area contributed by atoms with Gasteiger partial charge in [-0.25, -0.2) is 4.79 Å². The Labute approximate surface area is 90.3 Å². The molecule has 0 aliphatic rings. The number of ether oxygens (including phenoxy) is 1. The van der Waals surface area contributed by atoms with Crippen molar-refractivity contribution in [2.75, 3.05) is 7.11 Å². The number of benzene rings is 1. The topological polar surface area (TPSA) is 69.4 Å². The van der Waals surface area contributed by atoms with Crippen molar-refractivity contribution in [1.29, 1.82) is 0 Å². The highest BCUT2D eigenvalue weighted by Gasteiger charge is 2.13. The Morgan fingerprint density at radius 2 is 2.25 bits per heavy atom. The number of nitro benzene ring substituents is 1. The van der Waals surface area contributed by atoms with Crippen molar-refractivity contribution in [1.82, 2.24) is 0 Å². The van der Waals surface area contributed by atoms with Gasteiger partial charge in [0.1, 0.15) is 0 Å². The Morgan fingerprint density at radius 3 is 2.81 bits per heavy atom. The predicted molar refractivity (Wildman–Crippen MR) is 54.1 cm³/mol. The average Bonchev–Trinajstić information content (AvgIpc) is 2.27. The van der Waals surface area contributed by atoms with Gasteiger partial charge in [-0.2, -0.15) is 4.39 Å². The summed E-state index contributed by atoms with van der Waals surface area (Å²) in [6.07, 6.45) is 2.40. The van der Waals surface area contributed by atoms with Crippen LogP contribution < -0.4 is 0 Å². The van der Waals surface area contributed by atoms with E-state index in [2.05, 4.69) is 4.74 Å². The molecule has 0 saturated heterocycles. The zero-order chi connectivity index (χ0) is 12.1. The molecule has 5 nitrogen and oxygen atoms in total. The zero-order valence-electron chi connectivity index (χ0n) is 8.34. The average molecular weight is 225 g/mol. The maximum Gasteiger partial charge on any atom is 0.330 e. The summed E-state index contributed by atoms with van der Waals surface area (Å²) in [5, 5.41) is 10.4. The van der Waals surface area contributed by atoms with Crippen molar-refractivity contribution in [2.45, 2.75) is 0 Å². The second-order valence-corrected chi connectivity index (χ2v) is 2.82. The molecule has 84 valence electrons. The van der Waals surface area contributed by atoms with Crippen molar-refractivity contribution < 1.29 is 18.8 Å². The monoisotopic (exact) mass is 225 g/mol. The van der Waals surface area contributed by atoms with Crippen molar-refractivity contribution in [3.05, 3.63) is 45.8 Å². The summed E-state index contributed by atoms with van der Waals surface area (Å²) < 4.78 is 17.3. The largest absolute Gasteiger partial charge is 0.466 e. The van der Waals surface area contributed by atoms with Crippen molar-refractivity contribution in [3.8, 4) is 0 Å². The van der Waals surface area contributed by atoms with Crippen molar-refractivity contribution in [3.63, 3.8) is 0 Å². The lowest BCUT2D eigenvalue weighted by Gasteiger charge is -1.96. The number of carbonyl (C=O) groups is 1. The Morgan fingerprint density at radius 1 is 1.56 bits per heavy atom. The van der Waals surface area contributed by atoms with Gasteiger partial charge in [0.25, 0.3) is 0 Å². The van der Waals surface area contributed by atoms with Gasteiger partial charge in [0, 0.05) is 12.1 Å². The molecule has 0 fully saturated rings. The minimum absolute atomic E-state index is 0.346. The molecule has 16 heavy (non-hydrogen) atoms. The van der Waals surface area contributed by atoms with E-state index in [1.807, 2.05) is 0 Å². The summed E-state index contributed by atoms with van der Waals surface area (Å²) in [6, 6.07) is 3.33. The Kier molecular flexibility index (Phi) is 3.71. The minimum Gasteiger partial charge on any atom is -0.466 e. The van der Waals surface area contributed by atoms with Gasteiger partial charge in [0.05, 0.1) is 12.0 Å². The van der Waals surface area contributed by atoms with E-state index in [-0.39, 0.29) is 0 Å². The van der Waals surface area contributed by atoms with Crippen LogP contribution in [-0.4, -0.2) is 18.0 Å². The van der Waals surface area contributed by atoms with E-state index in [9.17, 15) is 19.3 Å². The first-order valence-corrected chi connectivity index (χ1v) is 4.24. The molecule has 0 radical (unpaired) electrons. The number of halogens is 1.